The van der Waals surface area contributed by atoms with Crippen molar-refractivity contribution in [3.63, 3.8) is 0 Å². The first kappa shape index (κ1) is 16.5. The average Bonchev–Trinajstić information content (AvgIpc) is 2.58. The Hall–Kier alpha value is -2.40. The van der Waals surface area contributed by atoms with Crippen LogP contribution in [-0.4, -0.2) is 24.2 Å². The van der Waals surface area contributed by atoms with Gasteiger partial charge in [-0.05, 0) is 55.3 Å². The molecule has 0 saturated heterocycles. The van der Waals surface area contributed by atoms with Gasteiger partial charge in [-0.25, -0.2) is 0 Å². The van der Waals surface area contributed by atoms with E-state index in [4.69, 9.17) is 21.1 Å². The molecule has 1 amide bonds. The summed E-state index contributed by atoms with van der Waals surface area (Å²) < 4.78 is 11.2. The number of benzene rings is 2. The number of amides is 1. The lowest BCUT2D eigenvalue weighted by Crippen LogP contribution is -2.32. The van der Waals surface area contributed by atoms with Crippen LogP contribution in [0.5, 0.6) is 17.2 Å². The smallest absolute Gasteiger partial charge is 0.231 e. The lowest BCUT2D eigenvalue weighted by Gasteiger charge is -2.25. The lowest BCUT2D eigenvalue weighted by molar-refractivity contribution is -0.121. The number of rotatable bonds is 4. The van der Waals surface area contributed by atoms with E-state index >= 15 is 0 Å². The van der Waals surface area contributed by atoms with Crippen molar-refractivity contribution in [1.29, 1.82) is 0 Å². The minimum Gasteiger partial charge on any atom is -0.506 e. The van der Waals surface area contributed by atoms with Crippen LogP contribution in [0.25, 0.3) is 0 Å². The highest BCUT2D eigenvalue weighted by molar-refractivity contribution is 6.31. The molecule has 0 spiro atoms. The van der Waals surface area contributed by atoms with E-state index in [0.717, 1.165) is 17.1 Å². The number of hydrogen-bond donors (Lipinski definition) is 2. The number of nitrogens with one attached hydrogen (secondary N) is 1. The quantitative estimate of drug-likeness (QED) is 0.829. The molecular formula is C18H18ClNO4. The van der Waals surface area contributed by atoms with Gasteiger partial charge in [0.25, 0.3) is 0 Å². The number of hydrogen-bond acceptors (Lipinski definition) is 4. The van der Waals surface area contributed by atoms with E-state index in [9.17, 15) is 9.90 Å². The number of halogens is 1. The van der Waals surface area contributed by atoms with E-state index in [1.807, 2.05) is 25.1 Å². The van der Waals surface area contributed by atoms with E-state index in [1.54, 1.807) is 6.07 Å². The second-order valence-corrected chi connectivity index (χ2v) is 6.00. The molecule has 2 aromatic carbocycles. The molecule has 2 N–H and O–H groups in total. The zero-order valence-electron chi connectivity index (χ0n) is 13.2. The highest BCUT2D eigenvalue weighted by Crippen LogP contribution is 2.32. The Labute approximate surface area is 145 Å². The van der Waals surface area contributed by atoms with Crippen LogP contribution in [0.3, 0.4) is 0 Å². The summed E-state index contributed by atoms with van der Waals surface area (Å²) in [5.74, 6) is 0.929. The van der Waals surface area contributed by atoms with Gasteiger partial charge in [0.1, 0.15) is 23.9 Å². The largest absolute Gasteiger partial charge is 0.506 e. The predicted octanol–water partition coefficient (Wildman–Crippen LogP) is 3.63. The molecule has 3 rings (SSSR count). The van der Waals surface area contributed by atoms with E-state index in [2.05, 4.69) is 5.32 Å². The Morgan fingerprint density at radius 2 is 2.21 bits per heavy atom. The third kappa shape index (κ3) is 3.57. The molecule has 0 fully saturated rings. The van der Waals surface area contributed by atoms with Crippen LogP contribution in [0.15, 0.2) is 36.4 Å². The highest BCUT2D eigenvalue weighted by Gasteiger charge is 2.27. The standard InChI is InChI=1S/C18H18ClNO4/c1-2-23-14-4-6-17-11(8-14)7-12(10-24-17)18(22)20-15-9-13(19)3-5-16(15)21/h3-6,8-9,12,21H,2,7,10H2,1H3,(H,20,22). The maximum absolute atomic E-state index is 12.5. The first-order valence-electron chi connectivity index (χ1n) is 7.74. The first-order chi connectivity index (χ1) is 11.6. The average molecular weight is 348 g/mol. The van der Waals surface area contributed by atoms with Crippen molar-refractivity contribution >= 4 is 23.2 Å². The zero-order valence-corrected chi connectivity index (χ0v) is 14.0. The van der Waals surface area contributed by atoms with Crippen LogP contribution >= 0.6 is 11.6 Å². The highest BCUT2D eigenvalue weighted by atomic mass is 35.5. The number of phenolic OH excluding ortho intramolecular Hbond substituents is 1. The second-order valence-electron chi connectivity index (χ2n) is 5.57. The van der Waals surface area contributed by atoms with Crippen LogP contribution in [0.2, 0.25) is 5.02 Å². The van der Waals surface area contributed by atoms with Crippen molar-refractivity contribution < 1.29 is 19.4 Å². The topological polar surface area (TPSA) is 67.8 Å². The molecule has 1 unspecified atom stereocenters. The molecule has 2 aromatic rings. The van der Waals surface area contributed by atoms with E-state index in [-0.39, 0.29) is 24.2 Å². The van der Waals surface area contributed by atoms with Crippen molar-refractivity contribution in [2.45, 2.75) is 13.3 Å². The minimum atomic E-state index is -0.354. The molecule has 6 heteroatoms. The van der Waals surface area contributed by atoms with Gasteiger partial charge in [0, 0.05) is 5.02 Å². The van der Waals surface area contributed by atoms with Gasteiger partial charge in [-0.15, -0.1) is 0 Å². The summed E-state index contributed by atoms with van der Waals surface area (Å²) in [4.78, 5) is 12.5. The summed E-state index contributed by atoms with van der Waals surface area (Å²) in [6.45, 7) is 2.79. The lowest BCUT2D eigenvalue weighted by atomic mass is 9.95. The van der Waals surface area contributed by atoms with Crippen LogP contribution in [0.1, 0.15) is 12.5 Å². The predicted molar refractivity (Wildman–Crippen MR) is 92.0 cm³/mol. The molecule has 1 aliphatic rings. The van der Waals surface area contributed by atoms with Crippen LogP contribution in [0.4, 0.5) is 5.69 Å². The Kier molecular flexibility index (Phi) is 4.81. The fourth-order valence-electron chi connectivity index (χ4n) is 2.64. The van der Waals surface area contributed by atoms with Crippen molar-refractivity contribution in [1.82, 2.24) is 0 Å². The first-order valence-corrected chi connectivity index (χ1v) is 8.12. The number of aromatic hydroxyl groups is 1. The normalized spacial score (nSPS) is 16.0. The maximum Gasteiger partial charge on any atom is 0.231 e. The summed E-state index contributed by atoms with van der Waals surface area (Å²) in [7, 11) is 0. The second kappa shape index (κ2) is 7.01. The monoisotopic (exact) mass is 347 g/mol. The van der Waals surface area contributed by atoms with Crippen LogP contribution in [-0.2, 0) is 11.2 Å². The summed E-state index contributed by atoms with van der Waals surface area (Å²) >= 11 is 5.90. The fourth-order valence-corrected chi connectivity index (χ4v) is 2.81. The van der Waals surface area contributed by atoms with E-state index < -0.39 is 0 Å². The van der Waals surface area contributed by atoms with Gasteiger partial charge in [-0.3, -0.25) is 4.79 Å². The number of ether oxygens (including phenoxy) is 2. The molecule has 5 nitrogen and oxygen atoms in total. The molecule has 126 valence electrons. The molecule has 1 atom stereocenters. The number of carbonyl (C=O) groups excluding carboxylic acids is 1. The molecule has 0 saturated carbocycles. The number of carbonyl (C=O) groups is 1. The van der Waals surface area contributed by atoms with Crippen molar-refractivity contribution in [2.24, 2.45) is 5.92 Å². The number of fused-ring (bicyclic) bond motifs is 1. The SMILES string of the molecule is CCOc1ccc2c(c1)CC(C(=O)Nc1cc(Cl)ccc1O)CO2. The maximum atomic E-state index is 12.5. The molecule has 0 aromatic heterocycles. The summed E-state index contributed by atoms with van der Waals surface area (Å²) in [5, 5.41) is 13.0. The Balaban J connectivity index is 1.73. The minimum absolute atomic E-state index is 0.0245. The summed E-state index contributed by atoms with van der Waals surface area (Å²) in [6.07, 6.45) is 0.545. The molecule has 0 bridgehead atoms. The zero-order chi connectivity index (χ0) is 17.1. The Bertz CT molecular complexity index is 763. The van der Waals surface area contributed by atoms with Gasteiger partial charge in [0.2, 0.25) is 5.91 Å². The van der Waals surface area contributed by atoms with Crippen molar-refractivity contribution in [2.75, 3.05) is 18.5 Å². The third-order valence-electron chi connectivity index (χ3n) is 3.84. The van der Waals surface area contributed by atoms with Crippen LogP contribution < -0.4 is 14.8 Å². The molecule has 24 heavy (non-hydrogen) atoms. The van der Waals surface area contributed by atoms with Gasteiger partial charge in [-0.2, -0.15) is 0 Å². The molecular weight excluding hydrogens is 330 g/mol. The third-order valence-corrected chi connectivity index (χ3v) is 4.07. The van der Waals surface area contributed by atoms with Gasteiger partial charge in [0.15, 0.2) is 0 Å². The van der Waals surface area contributed by atoms with Gasteiger partial charge >= 0.3 is 0 Å². The van der Waals surface area contributed by atoms with Crippen molar-refractivity contribution in [3.8, 4) is 17.2 Å². The fraction of sp³-hybridized carbons (Fsp3) is 0.278. The van der Waals surface area contributed by atoms with Gasteiger partial charge < -0.3 is 19.9 Å². The molecule has 1 aliphatic heterocycles. The van der Waals surface area contributed by atoms with Gasteiger partial charge in [-0.1, -0.05) is 11.6 Å². The summed E-state index contributed by atoms with van der Waals surface area (Å²) in [5.41, 5.74) is 1.23. The van der Waals surface area contributed by atoms with E-state index in [0.29, 0.717) is 23.7 Å². The Morgan fingerprint density at radius 1 is 1.38 bits per heavy atom. The summed E-state index contributed by atoms with van der Waals surface area (Å²) in [6, 6.07) is 10.1. The number of anilines is 1. The number of phenols is 1. The molecule has 1 heterocycles. The van der Waals surface area contributed by atoms with Crippen LogP contribution in [0, 0.1) is 5.92 Å². The van der Waals surface area contributed by atoms with Gasteiger partial charge in [0.05, 0.1) is 18.2 Å². The van der Waals surface area contributed by atoms with Crippen molar-refractivity contribution in [3.05, 3.63) is 47.0 Å². The molecule has 0 aliphatic carbocycles. The van der Waals surface area contributed by atoms with E-state index in [1.165, 1.54) is 12.1 Å². The molecule has 0 radical (unpaired) electrons. The Morgan fingerprint density at radius 3 is 3.00 bits per heavy atom.